The number of rotatable bonds is 3. The number of hydrogen-bond donors (Lipinski definition) is 2. The van der Waals surface area contributed by atoms with Crippen LogP contribution in [0, 0.1) is 23.2 Å². The van der Waals surface area contributed by atoms with Gasteiger partial charge in [-0.05, 0) is 24.6 Å². The number of nitrogens with one attached hydrogen (secondary N) is 1. The molecule has 92 valence electrons. The molecular formula is C12H9ClN2O3. The largest absolute Gasteiger partial charge is 0.481 e. The fourth-order valence-corrected chi connectivity index (χ4v) is 1.84. The number of carboxylic acid groups (broad SMARTS) is 1. The van der Waals surface area contributed by atoms with Crippen LogP contribution in [0.15, 0.2) is 18.2 Å². The minimum atomic E-state index is -0.966. The molecule has 1 amide bonds. The summed E-state index contributed by atoms with van der Waals surface area (Å²) in [6.07, 6.45) is 0.344. The third-order valence-corrected chi connectivity index (χ3v) is 3.13. The minimum Gasteiger partial charge on any atom is -0.481 e. The van der Waals surface area contributed by atoms with E-state index in [1.54, 1.807) is 0 Å². The molecule has 18 heavy (non-hydrogen) atoms. The number of aliphatic carboxylic acids is 1. The summed E-state index contributed by atoms with van der Waals surface area (Å²) in [6, 6.07) is 6.44. The molecule has 1 aromatic rings. The van der Waals surface area contributed by atoms with Gasteiger partial charge in [0.25, 0.3) is 0 Å². The van der Waals surface area contributed by atoms with Gasteiger partial charge in [0, 0.05) is 0 Å². The van der Waals surface area contributed by atoms with Crippen molar-refractivity contribution < 1.29 is 14.7 Å². The van der Waals surface area contributed by atoms with Crippen molar-refractivity contribution >= 4 is 29.2 Å². The van der Waals surface area contributed by atoms with Crippen molar-refractivity contribution in [3.05, 3.63) is 28.8 Å². The Kier molecular flexibility index (Phi) is 3.21. The van der Waals surface area contributed by atoms with Gasteiger partial charge < -0.3 is 10.4 Å². The van der Waals surface area contributed by atoms with Crippen LogP contribution in [0.3, 0.4) is 0 Å². The maximum Gasteiger partial charge on any atom is 0.307 e. The van der Waals surface area contributed by atoms with Crippen molar-refractivity contribution in [1.82, 2.24) is 0 Å². The molecule has 6 heteroatoms. The van der Waals surface area contributed by atoms with Crippen LogP contribution in [-0.4, -0.2) is 17.0 Å². The summed E-state index contributed by atoms with van der Waals surface area (Å²) in [6.45, 7) is 0. The first-order valence-corrected chi connectivity index (χ1v) is 5.64. The molecule has 0 saturated heterocycles. The molecule has 2 rings (SSSR count). The Hall–Kier alpha value is -2.06. The summed E-state index contributed by atoms with van der Waals surface area (Å²) in [4.78, 5) is 22.4. The Bertz CT molecular complexity index is 565. The number of anilines is 1. The molecule has 1 fully saturated rings. The van der Waals surface area contributed by atoms with Crippen molar-refractivity contribution in [2.45, 2.75) is 6.42 Å². The summed E-state index contributed by atoms with van der Waals surface area (Å²) in [7, 11) is 0. The second kappa shape index (κ2) is 4.67. The van der Waals surface area contributed by atoms with Crippen LogP contribution in [0.25, 0.3) is 0 Å². The third-order valence-electron chi connectivity index (χ3n) is 2.80. The quantitative estimate of drug-likeness (QED) is 0.872. The van der Waals surface area contributed by atoms with E-state index in [1.165, 1.54) is 18.2 Å². The van der Waals surface area contributed by atoms with Gasteiger partial charge in [0.15, 0.2) is 0 Å². The van der Waals surface area contributed by atoms with Gasteiger partial charge in [-0.15, -0.1) is 0 Å². The Labute approximate surface area is 108 Å². The molecule has 1 aliphatic carbocycles. The standard InChI is InChI=1S/C12H9ClN2O3/c13-9-2-1-6(5-14)3-10(9)15-11(16)7-4-8(7)12(17)18/h1-3,7-8H,4H2,(H,15,16)(H,17,18). The summed E-state index contributed by atoms with van der Waals surface area (Å²) >= 11 is 5.88. The average Bonchev–Trinajstić information content (AvgIpc) is 3.12. The first-order chi connectivity index (χ1) is 8.52. The van der Waals surface area contributed by atoms with Crippen molar-refractivity contribution in [3.63, 3.8) is 0 Å². The average molecular weight is 265 g/mol. The van der Waals surface area contributed by atoms with Crippen molar-refractivity contribution in [2.24, 2.45) is 11.8 Å². The molecule has 2 unspecified atom stereocenters. The van der Waals surface area contributed by atoms with Gasteiger partial charge in [0.05, 0.1) is 34.2 Å². The van der Waals surface area contributed by atoms with Crippen molar-refractivity contribution in [3.8, 4) is 6.07 Å². The number of hydrogen-bond acceptors (Lipinski definition) is 3. The number of nitrogens with zero attached hydrogens (tertiary/aromatic N) is 1. The van der Waals surface area contributed by atoms with Gasteiger partial charge in [-0.25, -0.2) is 0 Å². The Morgan fingerprint density at radius 1 is 1.44 bits per heavy atom. The predicted molar refractivity (Wildman–Crippen MR) is 64.0 cm³/mol. The zero-order valence-corrected chi connectivity index (χ0v) is 9.94. The van der Waals surface area contributed by atoms with Crippen molar-refractivity contribution in [2.75, 3.05) is 5.32 Å². The zero-order valence-electron chi connectivity index (χ0n) is 9.18. The second-order valence-corrected chi connectivity index (χ2v) is 4.49. The minimum absolute atomic E-state index is 0.315. The molecule has 0 aliphatic heterocycles. The number of carbonyl (C=O) groups is 2. The number of benzene rings is 1. The Morgan fingerprint density at radius 2 is 2.17 bits per heavy atom. The molecule has 0 aromatic heterocycles. The summed E-state index contributed by atoms with van der Waals surface area (Å²) in [5, 5.41) is 20.3. The van der Waals surface area contributed by atoms with Crippen LogP contribution in [-0.2, 0) is 9.59 Å². The molecule has 5 nitrogen and oxygen atoms in total. The first-order valence-electron chi connectivity index (χ1n) is 5.26. The normalized spacial score (nSPS) is 20.9. The highest BCUT2D eigenvalue weighted by molar-refractivity contribution is 6.33. The van der Waals surface area contributed by atoms with E-state index >= 15 is 0 Å². The molecule has 1 saturated carbocycles. The van der Waals surface area contributed by atoms with E-state index in [0.717, 1.165) is 0 Å². The first kappa shape index (κ1) is 12.4. The van der Waals surface area contributed by atoms with Gasteiger partial charge in [-0.1, -0.05) is 11.6 Å². The number of carboxylic acids is 1. The lowest BCUT2D eigenvalue weighted by Crippen LogP contribution is -2.17. The van der Waals surface area contributed by atoms with E-state index in [0.29, 0.717) is 22.7 Å². The molecule has 0 heterocycles. The topological polar surface area (TPSA) is 90.2 Å². The van der Waals surface area contributed by atoms with E-state index in [1.807, 2.05) is 6.07 Å². The number of halogens is 1. The van der Waals surface area contributed by atoms with E-state index in [4.69, 9.17) is 22.0 Å². The number of carbonyl (C=O) groups excluding carboxylic acids is 1. The molecule has 0 radical (unpaired) electrons. The third kappa shape index (κ3) is 2.44. The highest BCUT2D eigenvalue weighted by Crippen LogP contribution is 2.39. The summed E-state index contributed by atoms with van der Waals surface area (Å²) in [5.74, 6) is -2.46. The van der Waals surface area contributed by atoms with Gasteiger partial charge in [0.2, 0.25) is 5.91 Å². The molecule has 0 spiro atoms. The van der Waals surface area contributed by atoms with Crippen LogP contribution in [0.2, 0.25) is 5.02 Å². The molecule has 1 aliphatic rings. The Morgan fingerprint density at radius 3 is 2.72 bits per heavy atom. The molecular weight excluding hydrogens is 256 g/mol. The van der Waals surface area contributed by atoms with E-state index in [9.17, 15) is 9.59 Å². The van der Waals surface area contributed by atoms with E-state index < -0.39 is 17.8 Å². The van der Waals surface area contributed by atoms with E-state index in [2.05, 4.69) is 5.32 Å². The van der Waals surface area contributed by atoms with Crippen LogP contribution >= 0.6 is 11.6 Å². The molecule has 2 N–H and O–H groups in total. The second-order valence-electron chi connectivity index (χ2n) is 4.08. The summed E-state index contributed by atoms with van der Waals surface area (Å²) < 4.78 is 0. The number of nitriles is 1. The van der Waals surface area contributed by atoms with Crippen LogP contribution in [0.4, 0.5) is 5.69 Å². The Balaban J connectivity index is 2.09. The fourth-order valence-electron chi connectivity index (χ4n) is 1.67. The van der Waals surface area contributed by atoms with Gasteiger partial charge >= 0.3 is 5.97 Å². The highest BCUT2D eigenvalue weighted by Gasteiger charge is 2.48. The zero-order chi connectivity index (χ0) is 13.3. The van der Waals surface area contributed by atoms with Gasteiger partial charge in [0.1, 0.15) is 0 Å². The van der Waals surface area contributed by atoms with Crippen molar-refractivity contribution in [1.29, 1.82) is 5.26 Å². The molecule has 2 atom stereocenters. The number of amides is 1. The van der Waals surface area contributed by atoms with Crippen LogP contribution in [0.5, 0.6) is 0 Å². The van der Waals surface area contributed by atoms with E-state index in [-0.39, 0.29) is 5.91 Å². The van der Waals surface area contributed by atoms with Gasteiger partial charge in [-0.2, -0.15) is 5.26 Å². The molecule has 0 bridgehead atoms. The smallest absolute Gasteiger partial charge is 0.307 e. The summed E-state index contributed by atoms with van der Waals surface area (Å²) in [5.41, 5.74) is 0.706. The SMILES string of the molecule is N#Cc1ccc(Cl)c(NC(=O)C2CC2C(=O)O)c1. The predicted octanol–water partition coefficient (Wildman–Crippen LogP) is 1.87. The maximum absolute atomic E-state index is 11.7. The van der Waals surface area contributed by atoms with Crippen LogP contribution in [0.1, 0.15) is 12.0 Å². The molecule has 1 aromatic carbocycles. The fraction of sp³-hybridized carbons (Fsp3) is 0.250. The lowest BCUT2D eigenvalue weighted by molar-refractivity contribution is -0.139. The maximum atomic E-state index is 11.7. The van der Waals surface area contributed by atoms with Crippen LogP contribution < -0.4 is 5.32 Å². The highest BCUT2D eigenvalue weighted by atomic mass is 35.5. The lowest BCUT2D eigenvalue weighted by Gasteiger charge is -2.06. The lowest BCUT2D eigenvalue weighted by atomic mass is 10.2. The monoisotopic (exact) mass is 264 g/mol. The van der Waals surface area contributed by atoms with Gasteiger partial charge in [-0.3, -0.25) is 9.59 Å².